The zero-order valence-corrected chi connectivity index (χ0v) is 19.3. The van der Waals surface area contributed by atoms with Gasteiger partial charge in [0, 0.05) is 35.3 Å². The van der Waals surface area contributed by atoms with Gasteiger partial charge in [-0.3, -0.25) is 9.79 Å². The molecule has 0 amide bonds. The molecule has 1 heterocycles. The van der Waals surface area contributed by atoms with Crippen LogP contribution in [0.3, 0.4) is 0 Å². The minimum atomic E-state index is -0.111. The number of aliphatic imine (C=N–C) groups is 1. The van der Waals surface area contributed by atoms with Crippen molar-refractivity contribution < 1.29 is 0 Å². The van der Waals surface area contributed by atoms with E-state index in [1.807, 2.05) is 31.3 Å². The number of nitrogens with one attached hydrogen (secondary N) is 1. The Labute approximate surface area is 198 Å². The van der Waals surface area contributed by atoms with E-state index in [2.05, 4.69) is 65.4 Å². The summed E-state index contributed by atoms with van der Waals surface area (Å²) in [7, 11) is 0. The molecule has 4 heteroatoms. The second-order valence-corrected chi connectivity index (χ2v) is 8.79. The molecule has 1 aliphatic carbocycles. The number of benzene rings is 3. The van der Waals surface area contributed by atoms with Crippen molar-refractivity contribution in [1.29, 1.82) is 5.26 Å². The molecule has 3 aromatic carbocycles. The van der Waals surface area contributed by atoms with Gasteiger partial charge < -0.3 is 4.98 Å². The Kier molecular flexibility index (Phi) is 5.69. The van der Waals surface area contributed by atoms with Crippen LogP contribution in [0.4, 0.5) is 0 Å². The van der Waals surface area contributed by atoms with Crippen LogP contribution in [0.1, 0.15) is 47.6 Å². The van der Waals surface area contributed by atoms with Gasteiger partial charge in [-0.05, 0) is 83.8 Å². The van der Waals surface area contributed by atoms with Crippen LogP contribution in [0.5, 0.6) is 0 Å². The van der Waals surface area contributed by atoms with Crippen LogP contribution in [0.15, 0.2) is 88.3 Å². The van der Waals surface area contributed by atoms with E-state index in [0.717, 1.165) is 57.1 Å². The maximum absolute atomic E-state index is 12.5. The number of pyridine rings is 1. The summed E-state index contributed by atoms with van der Waals surface area (Å²) in [4.78, 5) is 19.9. The van der Waals surface area contributed by atoms with Gasteiger partial charge in [-0.2, -0.15) is 5.26 Å². The van der Waals surface area contributed by atoms with E-state index in [1.165, 1.54) is 5.56 Å². The van der Waals surface area contributed by atoms with E-state index in [-0.39, 0.29) is 11.5 Å². The van der Waals surface area contributed by atoms with E-state index >= 15 is 0 Å². The first-order chi connectivity index (χ1) is 16.6. The Hall–Kier alpha value is -4.23. The SMILES string of the molecule is CC=N/C=C(\C)C1c2ccc(C#N)c(c2)CCc2cccc(c2)-c2cc(=O)[nH]c3ccc1cc23. The molecule has 1 N–H and O–H groups in total. The Morgan fingerprint density at radius 2 is 1.88 bits per heavy atom. The number of H-pyrrole nitrogens is 1. The lowest BCUT2D eigenvalue weighted by Gasteiger charge is -2.21. The quantitative estimate of drug-likeness (QED) is 0.370. The van der Waals surface area contributed by atoms with Crippen LogP contribution in [0, 0.1) is 11.3 Å². The molecule has 4 nitrogen and oxygen atoms in total. The zero-order valence-electron chi connectivity index (χ0n) is 19.3. The summed E-state index contributed by atoms with van der Waals surface area (Å²) in [6.45, 7) is 4.00. The average Bonchev–Trinajstić information content (AvgIpc) is 2.86. The van der Waals surface area contributed by atoms with Gasteiger partial charge in [0.25, 0.3) is 0 Å². The fourth-order valence-electron chi connectivity index (χ4n) is 4.96. The topological polar surface area (TPSA) is 69.0 Å². The Morgan fingerprint density at radius 3 is 2.71 bits per heavy atom. The van der Waals surface area contributed by atoms with Crippen molar-refractivity contribution in [2.45, 2.75) is 32.6 Å². The number of aromatic amines is 1. The number of fused-ring (bicyclic) bond motifs is 6. The molecule has 1 unspecified atom stereocenters. The lowest BCUT2D eigenvalue weighted by atomic mass is 9.83. The van der Waals surface area contributed by atoms with Crippen LogP contribution in [-0.4, -0.2) is 11.2 Å². The molecule has 5 rings (SSSR count). The first-order valence-electron chi connectivity index (χ1n) is 11.5. The van der Waals surface area contributed by atoms with Crippen molar-refractivity contribution in [3.05, 3.63) is 117 Å². The summed E-state index contributed by atoms with van der Waals surface area (Å²) in [6.07, 6.45) is 5.27. The number of hydrogen-bond acceptors (Lipinski definition) is 3. The molecule has 0 spiro atoms. The normalized spacial score (nSPS) is 15.6. The van der Waals surface area contributed by atoms with Crippen LogP contribution < -0.4 is 5.56 Å². The molecule has 0 saturated heterocycles. The van der Waals surface area contributed by atoms with E-state index in [4.69, 9.17) is 0 Å². The summed E-state index contributed by atoms with van der Waals surface area (Å²) in [6, 6.07) is 24.8. The lowest BCUT2D eigenvalue weighted by molar-refractivity contribution is 0.916. The van der Waals surface area contributed by atoms with Crippen LogP contribution in [0.2, 0.25) is 0 Å². The number of aryl methyl sites for hydroxylation is 2. The van der Waals surface area contributed by atoms with Crippen LogP contribution in [0.25, 0.3) is 22.0 Å². The van der Waals surface area contributed by atoms with Gasteiger partial charge in [-0.25, -0.2) is 0 Å². The van der Waals surface area contributed by atoms with E-state index in [0.29, 0.717) is 5.56 Å². The fraction of sp³-hybridized carbons (Fsp3) is 0.167. The Balaban J connectivity index is 1.85. The summed E-state index contributed by atoms with van der Waals surface area (Å²) < 4.78 is 0. The minimum absolute atomic E-state index is 0.0248. The standard InChI is InChI=1S/C30H25N3O/c1-3-32-18-19(2)30-23-9-10-25(17-31)21(14-23)8-7-20-5-4-6-22(13-20)26-16-29(34)33-28-12-11-24(30)15-27(26)28/h3-6,9-16,18,30H,7-8H2,1-2H3,(H,33,34)/b19-18+,32-3?. The predicted octanol–water partition coefficient (Wildman–Crippen LogP) is 6.29. The molecule has 4 aromatic rings. The van der Waals surface area contributed by atoms with Crippen molar-refractivity contribution >= 4 is 17.1 Å². The fourth-order valence-corrected chi connectivity index (χ4v) is 4.96. The second kappa shape index (κ2) is 8.96. The second-order valence-electron chi connectivity index (χ2n) is 8.79. The summed E-state index contributed by atoms with van der Waals surface area (Å²) in [5.74, 6) is -0.0248. The van der Waals surface area contributed by atoms with Gasteiger partial charge in [0.05, 0.1) is 11.6 Å². The van der Waals surface area contributed by atoms with Crippen molar-refractivity contribution in [3.8, 4) is 17.2 Å². The van der Waals surface area contributed by atoms with Crippen LogP contribution in [-0.2, 0) is 12.8 Å². The highest BCUT2D eigenvalue weighted by molar-refractivity contribution is 5.95. The van der Waals surface area contributed by atoms with E-state index in [1.54, 1.807) is 12.3 Å². The maximum Gasteiger partial charge on any atom is 0.249 e. The van der Waals surface area contributed by atoms with Gasteiger partial charge in [0.1, 0.15) is 0 Å². The smallest absolute Gasteiger partial charge is 0.249 e. The van der Waals surface area contributed by atoms with Gasteiger partial charge in [-0.1, -0.05) is 42.5 Å². The first kappa shape index (κ1) is 21.6. The van der Waals surface area contributed by atoms with Gasteiger partial charge >= 0.3 is 0 Å². The number of nitriles is 1. The molecule has 1 aromatic heterocycles. The molecule has 166 valence electrons. The summed E-state index contributed by atoms with van der Waals surface area (Å²) in [5.41, 5.74) is 8.96. The molecule has 0 fully saturated rings. The summed E-state index contributed by atoms with van der Waals surface area (Å²) in [5, 5.41) is 10.8. The largest absolute Gasteiger partial charge is 0.322 e. The van der Waals surface area contributed by atoms with Crippen molar-refractivity contribution in [2.24, 2.45) is 4.99 Å². The Morgan fingerprint density at radius 1 is 1.06 bits per heavy atom. The molecular weight excluding hydrogens is 418 g/mol. The third-order valence-corrected chi connectivity index (χ3v) is 6.59. The van der Waals surface area contributed by atoms with E-state index < -0.39 is 0 Å². The highest BCUT2D eigenvalue weighted by atomic mass is 16.1. The zero-order chi connectivity index (χ0) is 23.7. The Bertz CT molecular complexity index is 1570. The molecule has 1 aliphatic rings. The third kappa shape index (κ3) is 3.97. The lowest BCUT2D eigenvalue weighted by Crippen LogP contribution is -2.07. The number of allylic oxidation sites excluding steroid dienone is 1. The number of rotatable bonds is 2. The van der Waals surface area contributed by atoms with Gasteiger partial charge in [0.15, 0.2) is 0 Å². The predicted molar refractivity (Wildman–Crippen MR) is 138 cm³/mol. The monoisotopic (exact) mass is 443 g/mol. The number of hydrogen-bond donors (Lipinski definition) is 1. The van der Waals surface area contributed by atoms with Gasteiger partial charge in [0.2, 0.25) is 5.56 Å². The molecule has 6 bridgehead atoms. The molecule has 0 saturated carbocycles. The van der Waals surface area contributed by atoms with E-state index in [9.17, 15) is 10.1 Å². The highest BCUT2D eigenvalue weighted by Crippen LogP contribution is 2.37. The minimum Gasteiger partial charge on any atom is -0.322 e. The maximum atomic E-state index is 12.5. The number of aromatic nitrogens is 1. The van der Waals surface area contributed by atoms with Crippen molar-refractivity contribution in [3.63, 3.8) is 0 Å². The molecular formula is C30H25N3O. The molecule has 0 aliphatic heterocycles. The van der Waals surface area contributed by atoms with Crippen LogP contribution >= 0.6 is 0 Å². The first-order valence-corrected chi connectivity index (χ1v) is 11.5. The highest BCUT2D eigenvalue weighted by Gasteiger charge is 2.20. The summed E-state index contributed by atoms with van der Waals surface area (Å²) >= 11 is 0. The molecule has 34 heavy (non-hydrogen) atoms. The van der Waals surface area contributed by atoms with Crippen molar-refractivity contribution in [2.75, 3.05) is 0 Å². The average molecular weight is 444 g/mol. The molecule has 1 atom stereocenters. The van der Waals surface area contributed by atoms with Crippen molar-refractivity contribution in [1.82, 2.24) is 4.98 Å². The third-order valence-electron chi connectivity index (χ3n) is 6.59. The van der Waals surface area contributed by atoms with Gasteiger partial charge in [-0.15, -0.1) is 0 Å². The molecule has 0 radical (unpaired) electrons. The number of nitrogens with zero attached hydrogens (tertiary/aromatic N) is 2.